The number of Topliss-reactive ketones (excluding diaryl/α,β-unsaturated/α-hetero) is 2. The van der Waals surface area contributed by atoms with E-state index in [4.69, 9.17) is 0 Å². The number of ketones is 2. The van der Waals surface area contributed by atoms with E-state index in [1.807, 2.05) is 111 Å². The Kier molecular flexibility index (Phi) is 8.45. The van der Waals surface area contributed by atoms with Crippen LogP contribution in [0.5, 0.6) is 0 Å². The lowest BCUT2D eigenvalue weighted by molar-refractivity contribution is 0.102. The zero-order valence-electron chi connectivity index (χ0n) is 21.1. The number of rotatable bonds is 10. The summed E-state index contributed by atoms with van der Waals surface area (Å²) in [5, 5.41) is 6.74. The van der Waals surface area contributed by atoms with Crippen LogP contribution in [0.25, 0.3) is 0 Å². The number of allylic oxidation sites excluding steroid dienone is 4. The van der Waals surface area contributed by atoms with E-state index in [1.54, 1.807) is 24.3 Å². The number of nitrogens with one attached hydrogen (secondary N) is 2. The maximum atomic E-state index is 13.8. The Bertz CT molecular complexity index is 1300. The molecule has 0 saturated heterocycles. The topological polar surface area (TPSA) is 58.2 Å². The second-order valence-electron chi connectivity index (χ2n) is 8.76. The Morgan fingerprint density at radius 3 is 1.11 bits per heavy atom. The van der Waals surface area contributed by atoms with Crippen LogP contribution in [0.3, 0.4) is 0 Å². The Morgan fingerprint density at radius 1 is 0.486 bits per heavy atom. The molecule has 0 spiro atoms. The molecular formula is C33H30N2O2. The van der Waals surface area contributed by atoms with Gasteiger partial charge in [0, 0.05) is 51.5 Å². The van der Waals surface area contributed by atoms with Crippen molar-refractivity contribution in [3.63, 3.8) is 0 Å². The predicted octanol–water partition coefficient (Wildman–Crippen LogP) is 7.91. The highest BCUT2D eigenvalue weighted by molar-refractivity contribution is 6.14. The Morgan fingerprint density at radius 2 is 0.784 bits per heavy atom. The van der Waals surface area contributed by atoms with Gasteiger partial charge >= 0.3 is 0 Å². The first-order valence-corrected chi connectivity index (χ1v) is 12.3. The second kappa shape index (κ2) is 12.3. The maximum Gasteiger partial charge on any atom is 0.191 e. The monoisotopic (exact) mass is 486 g/mol. The molecule has 184 valence electrons. The van der Waals surface area contributed by atoms with Gasteiger partial charge < -0.3 is 10.6 Å². The quantitative estimate of drug-likeness (QED) is 0.177. The van der Waals surface area contributed by atoms with Crippen LogP contribution in [-0.4, -0.2) is 11.6 Å². The molecular weight excluding hydrogens is 456 g/mol. The number of benzene rings is 4. The molecule has 0 atom stereocenters. The van der Waals surface area contributed by atoms with Crippen molar-refractivity contribution >= 4 is 22.9 Å². The zero-order valence-corrected chi connectivity index (χ0v) is 21.1. The molecule has 0 amide bonds. The highest BCUT2D eigenvalue weighted by Gasteiger charge is 2.23. The molecule has 0 heterocycles. The van der Waals surface area contributed by atoms with Gasteiger partial charge in [0.1, 0.15) is 0 Å². The van der Waals surface area contributed by atoms with Gasteiger partial charge in [-0.15, -0.1) is 0 Å². The van der Waals surface area contributed by atoms with E-state index in [2.05, 4.69) is 10.6 Å². The van der Waals surface area contributed by atoms with E-state index in [0.29, 0.717) is 33.7 Å². The molecule has 2 N–H and O–H groups in total. The van der Waals surface area contributed by atoms with Crippen molar-refractivity contribution < 1.29 is 9.59 Å². The first-order chi connectivity index (χ1) is 18.0. The molecule has 4 aromatic carbocycles. The van der Waals surface area contributed by atoms with Gasteiger partial charge in [-0.3, -0.25) is 9.59 Å². The number of carbonyl (C=O) groups is 2. The van der Waals surface area contributed by atoms with E-state index in [9.17, 15) is 9.59 Å². The van der Waals surface area contributed by atoms with Gasteiger partial charge in [-0.25, -0.2) is 0 Å². The van der Waals surface area contributed by atoms with Crippen LogP contribution in [0.4, 0.5) is 11.4 Å². The fourth-order valence-electron chi connectivity index (χ4n) is 4.10. The largest absolute Gasteiger partial charge is 0.359 e. The zero-order chi connectivity index (χ0) is 26.0. The summed E-state index contributed by atoms with van der Waals surface area (Å²) in [5.41, 5.74) is 5.36. The maximum absolute atomic E-state index is 13.8. The van der Waals surface area contributed by atoms with Crippen molar-refractivity contribution in [2.24, 2.45) is 0 Å². The number of hydrogen-bond donors (Lipinski definition) is 2. The van der Waals surface area contributed by atoms with Gasteiger partial charge in [0.2, 0.25) is 0 Å². The molecule has 0 aliphatic rings. The van der Waals surface area contributed by atoms with Crippen molar-refractivity contribution in [2.45, 2.75) is 20.3 Å². The van der Waals surface area contributed by atoms with E-state index in [1.165, 1.54) is 0 Å². The van der Waals surface area contributed by atoms with Gasteiger partial charge in [0.05, 0.1) is 0 Å². The van der Waals surface area contributed by atoms with Crippen molar-refractivity contribution in [3.8, 4) is 0 Å². The lowest BCUT2D eigenvalue weighted by atomic mass is 9.90. The van der Waals surface area contributed by atoms with Crippen LogP contribution in [0.15, 0.2) is 144 Å². The Labute approximate surface area is 218 Å². The molecule has 4 nitrogen and oxygen atoms in total. The summed E-state index contributed by atoms with van der Waals surface area (Å²) >= 11 is 0. The van der Waals surface area contributed by atoms with Gasteiger partial charge in [-0.05, 0) is 38.1 Å². The predicted molar refractivity (Wildman–Crippen MR) is 152 cm³/mol. The van der Waals surface area contributed by atoms with Gasteiger partial charge in [0.25, 0.3) is 0 Å². The highest BCUT2D eigenvalue weighted by atomic mass is 16.1. The normalized spacial score (nSPS) is 12.2. The summed E-state index contributed by atoms with van der Waals surface area (Å²) in [4.78, 5) is 27.6. The standard InChI is InChI=1S/C33H30N2O2/c1-24(34-28-19-11-5-12-20-28)30(32(36)26-15-7-3-8-16-26)23-31(33(37)27-17-9-4-10-18-27)25(2)35-29-21-13-6-14-22-29/h3-22,34-35H,23H2,1-2H3. The summed E-state index contributed by atoms with van der Waals surface area (Å²) in [6.45, 7) is 3.77. The van der Waals surface area contributed by atoms with Crippen LogP contribution >= 0.6 is 0 Å². The van der Waals surface area contributed by atoms with Crippen LogP contribution in [0.1, 0.15) is 41.0 Å². The molecule has 4 aromatic rings. The first-order valence-electron chi connectivity index (χ1n) is 12.3. The molecule has 0 bridgehead atoms. The van der Waals surface area contributed by atoms with Gasteiger partial charge in [-0.2, -0.15) is 0 Å². The minimum Gasteiger partial charge on any atom is -0.359 e. The molecule has 0 fully saturated rings. The van der Waals surface area contributed by atoms with Crippen molar-refractivity contribution in [1.29, 1.82) is 0 Å². The lowest BCUT2D eigenvalue weighted by Crippen LogP contribution is -2.16. The Hall–Kier alpha value is -4.70. The van der Waals surface area contributed by atoms with E-state index in [0.717, 1.165) is 11.4 Å². The third-order valence-electron chi connectivity index (χ3n) is 6.09. The summed E-state index contributed by atoms with van der Waals surface area (Å²) in [5.74, 6) is -0.236. The third-order valence-corrected chi connectivity index (χ3v) is 6.09. The molecule has 0 aliphatic carbocycles. The molecule has 4 heteroatoms. The van der Waals surface area contributed by atoms with Gasteiger partial charge in [0.15, 0.2) is 11.6 Å². The third kappa shape index (κ3) is 6.71. The molecule has 0 unspecified atom stereocenters. The lowest BCUT2D eigenvalue weighted by Gasteiger charge is -2.18. The summed E-state index contributed by atoms with van der Waals surface area (Å²) in [6, 6.07) is 37.8. The van der Waals surface area contributed by atoms with Crippen molar-refractivity contribution in [2.75, 3.05) is 10.6 Å². The SMILES string of the molecule is CC(Nc1ccccc1)=C(CC(C(=O)c1ccccc1)=C(C)Nc1ccccc1)C(=O)c1ccccc1. The van der Waals surface area contributed by atoms with Crippen molar-refractivity contribution in [1.82, 2.24) is 0 Å². The second-order valence-corrected chi connectivity index (χ2v) is 8.76. The van der Waals surface area contributed by atoms with Gasteiger partial charge in [-0.1, -0.05) is 97.1 Å². The van der Waals surface area contributed by atoms with Crippen LogP contribution in [0, 0.1) is 0 Å². The van der Waals surface area contributed by atoms with E-state index in [-0.39, 0.29) is 18.0 Å². The minimum absolute atomic E-state index is 0.118. The summed E-state index contributed by atoms with van der Waals surface area (Å²) in [7, 11) is 0. The van der Waals surface area contributed by atoms with Crippen LogP contribution < -0.4 is 10.6 Å². The average molecular weight is 487 g/mol. The number of carbonyl (C=O) groups excluding carboxylic acids is 2. The summed E-state index contributed by atoms with van der Waals surface area (Å²) in [6.07, 6.45) is 0.165. The summed E-state index contributed by atoms with van der Waals surface area (Å²) < 4.78 is 0. The number of hydrogen-bond acceptors (Lipinski definition) is 4. The van der Waals surface area contributed by atoms with Crippen LogP contribution in [0.2, 0.25) is 0 Å². The number of para-hydroxylation sites is 2. The molecule has 4 rings (SSSR count). The van der Waals surface area contributed by atoms with E-state index < -0.39 is 0 Å². The van der Waals surface area contributed by atoms with Crippen LogP contribution in [-0.2, 0) is 0 Å². The van der Waals surface area contributed by atoms with E-state index >= 15 is 0 Å². The average Bonchev–Trinajstić information content (AvgIpc) is 2.95. The first kappa shape index (κ1) is 25.4. The molecule has 37 heavy (non-hydrogen) atoms. The minimum atomic E-state index is -0.118. The Balaban J connectivity index is 1.80. The molecule has 0 aromatic heterocycles. The smallest absolute Gasteiger partial charge is 0.191 e. The molecule has 0 aliphatic heterocycles. The van der Waals surface area contributed by atoms with Crippen molar-refractivity contribution in [3.05, 3.63) is 155 Å². The number of anilines is 2. The molecule has 0 saturated carbocycles. The molecule has 0 radical (unpaired) electrons. The highest BCUT2D eigenvalue weighted by Crippen LogP contribution is 2.27. The fourth-order valence-corrected chi connectivity index (χ4v) is 4.10. The fraction of sp³-hybridized carbons (Fsp3) is 0.0909.